The highest BCUT2D eigenvalue weighted by Crippen LogP contribution is 2.67. The SMILES string of the molecule is CCC(C)(C)C1(C(C)(C)C)C=C(O)C(C(C)(C)C)(C(C)(C)CC)C=C1O. The number of aliphatic hydroxyl groups excluding tert-OH is 2. The second kappa shape index (κ2) is 6.31. The van der Waals surface area contributed by atoms with Gasteiger partial charge in [-0.1, -0.05) is 83.1 Å². The van der Waals surface area contributed by atoms with E-state index in [-0.39, 0.29) is 21.7 Å². The minimum Gasteiger partial charge on any atom is -0.512 e. The molecule has 0 heterocycles. The van der Waals surface area contributed by atoms with Gasteiger partial charge in [-0.05, 0) is 46.7 Å². The molecule has 0 spiro atoms. The van der Waals surface area contributed by atoms with Crippen LogP contribution in [0.15, 0.2) is 23.7 Å². The Hall–Kier alpha value is -0.920. The third-order valence-electron chi connectivity index (χ3n) is 7.78. The summed E-state index contributed by atoms with van der Waals surface area (Å²) in [7, 11) is 0. The van der Waals surface area contributed by atoms with Gasteiger partial charge in [-0.3, -0.25) is 0 Å². The van der Waals surface area contributed by atoms with Crippen LogP contribution in [-0.4, -0.2) is 10.2 Å². The van der Waals surface area contributed by atoms with Gasteiger partial charge in [-0.25, -0.2) is 0 Å². The molecule has 2 nitrogen and oxygen atoms in total. The Balaban J connectivity index is 3.98. The van der Waals surface area contributed by atoms with Gasteiger partial charge < -0.3 is 10.2 Å². The highest BCUT2D eigenvalue weighted by molar-refractivity contribution is 5.40. The number of hydrogen-bond acceptors (Lipinski definition) is 2. The maximum atomic E-state index is 11.6. The van der Waals surface area contributed by atoms with Crippen LogP contribution in [-0.2, 0) is 0 Å². The largest absolute Gasteiger partial charge is 0.512 e. The Morgan fingerprint density at radius 3 is 1.00 bits per heavy atom. The Bertz CT molecular complexity index is 539. The number of rotatable bonds is 4. The van der Waals surface area contributed by atoms with Crippen LogP contribution in [0.5, 0.6) is 0 Å². The Morgan fingerprint density at radius 1 is 0.615 bits per heavy atom. The molecule has 0 saturated carbocycles. The first-order chi connectivity index (χ1) is 11.4. The second-order valence-corrected chi connectivity index (χ2v) is 11.7. The molecule has 1 rings (SSSR count). The molecule has 0 aliphatic heterocycles. The third-order valence-corrected chi connectivity index (χ3v) is 7.78. The average Bonchev–Trinajstić information content (AvgIpc) is 2.45. The fraction of sp³-hybridized carbons (Fsp3) is 0.833. The first kappa shape index (κ1) is 23.1. The van der Waals surface area contributed by atoms with E-state index >= 15 is 0 Å². The quantitative estimate of drug-likeness (QED) is 0.533. The summed E-state index contributed by atoms with van der Waals surface area (Å²) in [6.45, 7) is 26.1. The molecule has 1 aliphatic rings. The van der Waals surface area contributed by atoms with Crippen molar-refractivity contribution in [2.75, 3.05) is 0 Å². The van der Waals surface area contributed by atoms with Crippen molar-refractivity contribution < 1.29 is 10.2 Å². The lowest BCUT2D eigenvalue weighted by Crippen LogP contribution is -2.55. The normalized spacial score (nSPS) is 28.6. The van der Waals surface area contributed by atoms with Crippen LogP contribution in [0.2, 0.25) is 0 Å². The van der Waals surface area contributed by atoms with Crippen LogP contribution in [0, 0.1) is 32.5 Å². The second-order valence-electron chi connectivity index (χ2n) is 11.7. The molecule has 0 aromatic carbocycles. The zero-order valence-corrected chi connectivity index (χ0v) is 19.5. The molecule has 0 aromatic heterocycles. The molecule has 0 bridgehead atoms. The van der Waals surface area contributed by atoms with Gasteiger partial charge in [0.15, 0.2) is 0 Å². The Morgan fingerprint density at radius 2 is 0.846 bits per heavy atom. The molecule has 2 heteroatoms. The zero-order chi connectivity index (χ0) is 21.0. The van der Waals surface area contributed by atoms with E-state index in [9.17, 15) is 10.2 Å². The number of allylic oxidation sites excluding steroid dienone is 2. The predicted octanol–water partition coefficient (Wildman–Crippen LogP) is 7.82. The topological polar surface area (TPSA) is 40.5 Å². The summed E-state index contributed by atoms with van der Waals surface area (Å²) in [6, 6.07) is 0. The van der Waals surface area contributed by atoms with E-state index in [1.54, 1.807) is 0 Å². The molecule has 0 radical (unpaired) electrons. The van der Waals surface area contributed by atoms with Gasteiger partial charge in [-0.2, -0.15) is 0 Å². The van der Waals surface area contributed by atoms with Crippen molar-refractivity contribution in [1.82, 2.24) is 0 Å². The molecule has 0 aromatic rings. The van der Waals surface area contributed by atoms with Crippen LogP contribution in [0.3, 0.4) is 0 Å². The smallest absolute Gasteiger partial charge is 0.100 e. The molecule has 26 heavy (non-hydrogen) atoms. The van der Waals surface area contributed by atoms with Crippen LogP contribution in [0.1, 0.15) is 95.9 Å². The van der Waals surface area contributed by atoms with Crippen molar-refractivity contribution in [3.05, 3.63) is 23.7 Å². The van der Waals surface area contributed by atoms with E-state index in [1.165, 1.54) is 0 Å². The van der Waals surface area contributed by atoms with Crippen LogP contribution < -0.4 is 0 Å². The van der Waals surface area contributed by atoms with Gasteiger partial charge in [0.05, 0.1) is 10.8 Å². The van der Waals surface area contributed by atoms with Gasteiger partial charge in [-0.15, -0.1) is 0 Å². The first-order valence-corrected chi connectivity index (χ1v) is 10.2. The molecule has 2 N–H and O–H groups in total. The lowest BCUT2D eigenvalue weighted by atomic mass is 9.44. The fourth-order valence-electron chi connectivity index (χ4n) is 5.66. The molecule has 0 fully saturated rings. The summed E-state index contributed by atoms with van der Waals surface area (Å²) in [5, 5.41) is 23.2. The van der Waals surface area contributed by atoms with E-state index in [4.69, 9.17) is 0 Å². The van der Waals surface area contributed by atoms with Crippen molar-refractivity contribution in [3.63, 3.8) is 0 Å². The van der Waals surface area contributed by atoms with Crippen LogP contribution in [0.25, 0.3) is 0 Å². The van der Waals surface area contributed by atoms with Crippen molar-refractivity contribution in [1.29, 1.82) is 0 Å². The van der Waals surface area contributed by atoms with Crippen molar-refractivity contribution in [3.8, 4) is 0 Å². The third kappa shape index (κ3) is 2.83. The maximum absolute atomic E-state index is 11.6. The maximum Gasteiger partial charge on any atom is 0.100 e. The molecular weight excluding hydrogens is 320 g/mol. The molecule has 0 amide bonds. The highest BCUT2D eigenvalue weighted by atomic mass is 16.3. The minimum absolute atomic E-state index is 0.194. The Kier molecular flexibility index (Phi) is 5.61. The van der Waals surface area contributed by atoms with Gasteiger partial charge in [0, 0.05) is 0 Å². The molecule has 2 atom stereocenters. The van der Waals surface area contributed by atoms with E-state index in [0.29, 0.717) is 11.5 Å². The monoisotopic (exact) mass is 364 g/mol. The van der Waals surface area contributed by atoms with Crippen molar-refractivity contribution in [2.45, 2.75) is 95.9 Å². The Labute approximate surface area is 162 Å². The van der Waals surface area contributed by atoms with Gasteiger partial charge >= 0.3 is 0 Å². The number of hydrogen-bond donors (Lipinski definition) is 2. The number of aliphatic hydroxyl groups is 2. The minimum atomic E-state index is -0.614. The molecule has 0 saturated heterocycles. The van der Waals surface area contributed by atoms with Gasteiger partial charge in [0.25, 0.3) is 0 Å². The first-order valence-electron chi connectivity index (χ1n) is 10.2. The summed E-state index contributed by atoms with van der Waals surface area (Å²) < 4.78 is 0. The highest BCUT2D eigenvalue weighted by Gasteiger charge is 2.62. The lowest BCUT2D eigenvalue weighted by molar-refractivity contribution is -0.0488. The predicted molar refractivity (Wildman–Crippen MR) is 113 cm³/mol. The molecule has 152 valence electrons. The summed E-state index contributed by atoms with van der Waals surface area (Å²) in [5.41, 5.74) is -2.09. The molecule has 1 aliphatic carbocycles. The summed E-state index contributed by atoms with van der Waals surface area (Å²) in [5.74, 6) is 0.817. The van der Waals surface area contributed by atoms with Crippen molar-refractivity contribution >= 4 is 0 Å². The van der Waals surface area contributed by atoms with E-state index < -0.39 is 10.8 Å². The molecular formula is C24H44O2. The lowest BCUT2D eigenvalue weighted by Gasteiger charge is -2.60. The van der Waals surface area contributed by atoms with Crippen LogP contribution in [0.4, 0.5) is 0 Å². The standard InChI is InChI=1S/C24H44O2/c1-13-21(9,10)23(19(3,4)5)15-18(26)24(16-17(23)25,20(6,7)8)22(11,12)14-2/h15-16,25-26H,13-14H2,1-12H3. The van der Waals surface area contributed by atoms with Crippen LogP contribution >= 0.6 is 0 Å². The molecule has 2 unspecified atom stereocenters. The van der Waals surface area contributed by atoms with Gasteiger partial charge in [0.2, 0.25) is 0 Å². The fourth-order valence-corrected chi connectivity index (χ4v) is 5.66. The summed E-state index contributed by atoms with van der Waals surface area (Å²) in [4.78, 5) is 0. The van der Waals surface area contributed by atoms with E-state index in [0.717, 1.165) is 12.8 Å². The van der Waals surface area contributed by atoms with E-state index in [1.807, 2.05) is 12.2 Å². The van der Waals surface area contributed by atoms with Crippen molar-refractivity contribution in [2.24, 2.45) is 32.5 Å². The average molecular weight is 365 g/mol. The van der Waals surface area contributed by atoms with Gasteiger partial charge in [0.1, 0.15) is 11.5 Å². The summed E-state index contributed by atoms with van der Waals surface area (Å²) in [6.07, 6.45) is 5.83. The zero-order valence-electron chi connectivity index (χ0n) is 19.5. The summed E-state index contributed by atoms with van der Waals surface area (Å²) >= 11 is 0. The van der Waals surface area contributed by atoms with E-state index in [2.05, 4.69) is 83.1 Å².